The number of carbonyl (C=O) groups is 1. The van der Waals surface area contributed by atoms with E-state index in [-0.39, 0.29) is 31.0 Å². The SMILES string of the molecule is CCOc1c(CCN)cc(Cl)c(C)c1C1CN(C(=O)OCc2ccccc2)C1.Cl. The Kier molecular flexibility index (Phi) is 8.62. The van der Waals surface area contributed by atoms with E-state index in [1.165, 1.54) is 0 Å². The van der Waals surface area contributed by atoms with Crippen molar-refractivity contribution in [1.82, 2.24) is 4.90 Å². The first-order chi connectivity index (χ1) is 13.5. The van der Waals surface area contributed by atoms with Gasteiger partial charge in [0, 0.05) is 29.6 Å². The molecule has 0 radical (unpaired) electrons. The summed E-state index contributed by atoms with van der Waals surface area (Å²) in [5.74, 6) is 1.05. The summed E-state index contributed by atoms with van der Waals surface area (Å²) < 4.78 is 11.4. The summed E-state index contributed by atoms with van der Waals surface area (Å²) in [6.45, 7) is 6.54. The lowest BCUT2D eigenvalue weighted by atomic mass is 9.86. The first-order valence-corrected chi connectivity index (χ1v) is 10.0. The zero-order chi connectivity index (χ0) is 20.1. The Morgan fingerprint density at radius 3 is 2.59 bits per heavy atom. The Labute approximate surface area is 183 Å². The van der Waals surface area contributed by atoms with Gasteiger partial charge < -0.3 is 20.1 Å². The van der Waals surface area contributed by atoms with Gasteiger partial charge in [-0.15, -0.1) is 12.4 Å². The van der Waals surface area contributed by atoms with Crippen molar-refractivity contribution in [2.75, 3.05) is 26.2 Å². The van der Waals surface area contributed by atoms with E-state index in [2.05, 4.69) is 0 Å². The highest BCUT2D eigenvalue weighted by Crippen LogP contribution is 2.41. The van der Waals surface area contributed by atoms with Crippen LogP contribution in [0.4, 0.5) is 4.79 Å². The molecular formula is C22H28Cl2N2O3. The van der Waals surface area contributed by atoms with Crippen LogP contribution in [0.25, 0.3) is 0 Å². The number of hydrogen-bond donors (Lipinski definition) is 1. The van der Waals surface area contributed by atoms with Crippen molar-refractivity contribution in [3.05, 3.63) is 63.7 Å². The quantitative estimate of drug-likeness (QED) is 0.679. The summed E-state index contributed by atoms with van der Waals surface area (Å²) in [5.41, 5.74) is 9.86. The van der Waals surface area contributed by atoms with E-state index in [9.17, 15) is 4.79 Å². The molecule has 1 saturated heterocycles. The van der Waals surface area contributed by atoms with E-state index in [0.717, 1.165) is 28.0 Å². The van der Waals surface area contributed by atoms with Crippen molar-refractivity contribution in [3.63, 3.8) is 0 Å². The molecule has 2 N–H and O–H groups in total. The van der Waals surface area contributed by atoms with E-state index in [0.29, 0.717) is 37.7 Å². The van der Waals surface area contributed by atoms with Crippen LogP contribution >= 0.6 is 24.0 Å². The smallest absolute Gasteiger partial charge is 0.410 e. The Balaban J connectivity index is 0.00000300. The minimum Gasteiger partial charge on any atom is -0.493 e. The predicted octanol–water partition coefficient (Wildman–Crippen LogP) is 4.71. The average molecular weight is 439 g/mol. The number of halogens is 2. The van der Waals surface area contributed by atoms with Crippen LogP contribution in [0.3, 0.4) is 0 Å². The Morgan fingerprint density at radius 2 is 1.97 bits per heavy atom. The summed E-state index contributed by atoms with van der Waals surface area (Å²) in [7, 11) is 0. The maximum atomic E-state index is 12.3. The first kappa shape index (κ1) is 23.3. The molecule has 0 saturated carbocycles. The number of rotatable bonds is 7. The molecule has 1 aliphatic heterocycles. The monoisotopic (exact) mass is 438 g/mol. The third kappa shape index (κ3) is 5.35. The highest BCUT2D eigenvalue weighted by atomic mass is 35.5. The minimum absolute atomic E-state index is 0. The highest BCUT2D eigenvalue weighted by molar-refractivity contribution is 6.31. The lowest BCUT2D eigenvalue weighted by Gasteiger charge is -2.40. The number of carbonyl (C=O) groups excluding carboxylic acids is 1. The molecule has 5 nitrogen and oxygen atoms in total. The van der Waals surface area contributed by atoms with Crippen LogP contribution in [0.5, 0.6) is 5.75 Å². The van der Waals surface area contributed by atoms with Crippen molar-refractivity contribution in [3.8, 4) is 5.75 Å². The van der Waals surface area contributed by atoms with E-state index >= 15 is 0 Å². The van der Waals surface area contributed by atoms with Crippen LogP contribution in [0, 0.1) is 6.92 Å². The third-order valence-corrected chi connectivity index (χ3v) is 5.45. The van der Waals surface area contributed by atoms with Gasteiger partial charge in [-0.2, -0.15) is 0 Å². The van der Waals surface area contributed by atoms with Crippen LogP contribution in [0.1, 0.15) is 35.1 Å². The Morgan fingerprint density at radius 1 is 1.28 bits per heavy atom. The highest BCUT2D eigenvalue weighted by Gasteiger charge is 2.36. The van der Waals surface area contributed by atoms with Crippen molar-refractivity contribution in [1.29, 1.82) is 0 Å². The summed E-state index contributed by atoms with van der Waals surface area (Å²) in [5, 5.41) is 0.715. The summed E-state index contributed by atoms with van der Waals surface area (Å²) in [6.07, 6.45) is 0.414. The van der Waals surface area contributed by atoms with Gasteiger partial charge in [0.15, 0.2) is 0 Å². The lowest BCUT2D eigenvalue weighted by Crippen LogP contribution is -2.49. The molecule has 1 aliphatic rings. The first-order valence-electron chi connectivity index (χ1n) is 9.65. The number of hydrogen-bond acceptors (Lipinski definition) is 4. The lowest BCUT2D eigenvalue weighted by molar-refractivity contribution is 0.0657. The molecule has 0 atom stereocenters. The Hall–Kier alpha value is -1.95. The fraction of sp³-hybridized carbons (Fsp3) is 0.409. The molecule has 1 amide bonds. The predicted molar refractivity (Wildman–Crippen MR) is 118 cm³/mol. The maximum Gasteiger partial charge on any atom is 0.410 e. The Bertz CT molecular complexity index is 825. The molecule has 0 aromatic heterocycles. The van der Waals surface area contributed by atoms with Crippen molar-refractivity contribution in [2.45, 2.75) is 32.8 Å². The molecule has 1 heterocycles. The summed E-state index contributed by atoms with van der Waals surface area (Å²) in [6, 6.07) is 11.6. The van der Waals surface area contributed by atoms with Crippen molar-refractivity contribution < 1.29 is 14.3 Å². The molecule has 29 heavy (non-hydrogen) atoms. The molecule has 0 spiro atoms. The zero-order valence-corrected chi connectivity index (χ0v) is 18.4. The van der Waals surface area contributed by atoms with E-state index in [4.69, 9.17) is 26.8 Å². The van der Waals surface area contributed by atoms with Gasteiger partial charge in [0.1, 0.15) is 12.4 Å². The second-order valence-electron chi connectivity index (χ2n) is 7.00. The largest absolute Gasteiger partial charge is 0.493 e. The van der Waals surface area contributed by atoms with Gasteiger partial charge in [-0.25, -0.2) is 4.79 Å². The molecule has 2 aromatic carbocycles. The molecular weight excluding hydrogens is 411 g/mol. The number of nitrogens with two attached hydrogens (primary N) is 1. The molecule has 0 aliphatic carbocycles. The van der Waals surface area contributed by atoms with Gasteiger partial charge >= 0.3 is 6.09 Å². The molecule has 3 rings (SSSR count). The standard InChI is InChI=1S/C22H27ClN2O3.ClH/c1-3-27-21-17(9-10-24)11-19(23)15(2)20(21)18-12-25(13-18)22(26)28-14-16-7-5-4-6-8-16;/h4-8,11,18H,3,9-10,12-14,24H2,1-2H3;1H. The van der Waals surface area contributed by atoms with Gasteiger partial charge in [0.05, 0.1) is 6.61 Å². The van der Waals surface area contributed by atoms with Crippen LogP contribution in [0.2, 0.25) is 5.02 Å². The molecule has 0 bridgehead atoms. The van der Waals surface area contributed by atoms with E-state index < -0.39 is 0 Å². The van der Waals surface area contributed by atoms with Crippen LogP contribution in [0.15, 0.2) is 36.4 Å². The van der Waals surface area contributed by atoms with Crippen LogP contribution in [-0.4, -0.2) is 37.2 Å². The minimum atomic E-state index is -0.292. The number of nitrogens with zero attached hydrogens (tertiary/aromatic N) is 1. The molecule has 7 heteroatoms. The molecule has 1 fully saturated rings. The molecule has 158 valence electrons. The topological polar surface area (TPSA) is 64.8 Å². The fourth-order valence-electron chi connectivity index (χ4n) is 3.57. The van der Waals surface area contributed by atoms with Gasteiger partial charge in [-0.3, -0.25) is 0 Å². The zero-order valence-electron chi connectivity index (χ0n) is 16.8. The van der Waals surface area contributed by atoms with Gasteiger partial charge in [0.25, 0.3) is 0 Å². The van der Waals surface area contributed by atoms with Crippen LogP contribution < -0.4 is 10.5 Å². The third-order valence-electron chi connectivity index (χ3n) is 5.05. The second-order valence-corrected chi connectivity index (χ2v) is 7.41. The van der Waals surface area contributed by atoms with Crippen molar-refractivity contribution in [2.24, 2.45) is 5.73 Å². The number of ether oxygens (including phenoxy) is 2. The van der Waals surface area contributed by atoms with Crippen molar-refractivity contribution >= 4 is 30.1 Å². The average Bonchev–Trinajstić information content (AvgIpc) is 2.66. The number of benzene rings is 2. The molecule has 0 unspecified atom stereocenters. The second kappa shape index (κ2) is 10.7. The van der Waals surface area contributed by atoms with Gasteiger partial charge in [-0.1, -0.05) is 41.9 Å². The summed E-state index contributed by atoms with van der Waals surface area (Å²) in [4.78, 5) is 14.1. The molecule has 2 aromatic rings. The van der Waals surface area contributed by atoms with Gasteiger partial charge in [0.2, 0.25) is 0 Å². The fourth-order valence-corrected chi connectivity index (χ4v) is 3.80. The summed E-state index contributed by atoms with van der Waals surface area (Å²) >= 11 is 6.47. The number of likely N-dealkylation sites (tertiary alicyclic amines) is 1. The van der Waals surface area contributed by atoms with Gasteiger partial charge in [-0.05, 0) is 49.6 Å². The van der Waals surface area contributed by atoms with Crippen LogP contribution in [-0.2, 0) is 17.8 Å². The van der Waals surface area contributed by atoms with E-state index in [1.807, 2.05) is 50.2 Å². The number of amides is 1. The van der Waals surface area contributed by atoms with E-state index in [1.54, 1.807) is 4.90 Å². The maximum absolute atomic E-state index is 12.3. The normalized spacial score (nSPS) is 13.4.